The second kappa shape index (κ2) is 3.24. The van der Waals surface area contributed by atoms with Crippen molar-refractivity contribution in [3.63, 3.8) is 0 Å². The minimum atomic E-state index is -0.757. The topological polar surface area (TPSA) is 60.8 Å². The number of phenols is 1. The molecule has 1 aromatic rings. The van der Waals surface area contributed by atoms with Gasteiger partial charge in [-0.15, -0.1) is 0 Å². The van der Waals surface area contributed by atoms with E-state index in [0.717, 1.165) is 0 Å². The van der Waals surface area contributed by atoms with E-state index >= 15 is 0 Å². The highest BCUT2D eigenvalue weighted by atomic mass is 16.3. The molecule has 0 atom stereocenters. The molecule has 4 heteroatoms. The number of nitrogens with zero attached hydrogens (tertiary/aromatic N) is 1. The van der Waals surface area contributed by atoms with Gasteiger partial charge in [-0.2, -0.15) is 0 Å². The summed E-state index contributed by atoms with van der Waals surface area (Å²) in [6.45, 7) is 2.39. The molecule has 1 aromatic carbocycles. The van der Waals surface area contributed by atoms with Crippen LogP contribution in [0.4, 0.5) is 0 Å². The highest BCUT2D eigenvalue weighted by molar-refractivity contribution is 5.95. The van der Waals surface area contributed by atoms with E-state index in [-0.39, 0.29) is 11.7 Å². The predicted octanol–water partition coefficient (Wildman–Crippen LogP) is 0.599. The number of β-amino-alcohol motifs (C(OH)–C–C–N with tert-alkyl or cyclic N) is 1. The van der Waals surface area contributed by atoms with Crippen molar-refractivity contribution < 1.29 is 15.0 Å². The van der Waals surface area contributed by atoms with E-state index in [1.807, 2.05) is 0 Å². The second-order valence-electron chi connectivity index (χ2n) is 4.21. The van der Waals surface area contributed by atoms with Gasteiger partial charge in [-0.25, -0.2) is 0 Å². The van der Waals surface area contributed by atoms with Crippen molar-refractivity contribution in [1.82, 2.24) is 4.90 Å². The minimum Gasteiger partial charge on any atom is -0.508 e. The maximum atomic E-state index is 11.8. The zero-order valence-electron chi connectivity index (χ0n) is 8.47. The van der Waals surface area contributed by atoms with Crippen molar-refractivity contribution in [3.05, 3.63) is 29.8 Å². The van der Waals surface area contributed by atoms with E-state index in [9.17, 15) is 15.0 Å². The number of amides is 1. The number of carbonyl (C=O) groups is 1. The molecule has 0 spiro atoms. The lowest BCUT2D eigenvalue weighted by atomic mass is 9.96. The van der Waals surface area contributed by atoms with E-state index in [4.69, 9.17) is 0 Å². The first-order valence-corrected chi connectivity index (χ1v) is 4.79. The monoisotopic (exact) mass is 207 g/mol. The average molecular weight is 207 g/mol. The van der Waals surface area contributed by atoms with Crippen LogP contribution in [0.1, 0.15) is 17.3 Å². The lowest BCUT2D eigenvalue weighted by molar-refractivity contribution is -0.0668. The third-order valence-corrected chi connectivity index (χ3v) is 2.44. The second-order valence-corrected chi connectivity index (χ2v) is 4.21. The molecule has 1 saturated heterocycles. The van der Waals surface area contributed by atoms with Crippen molar-refractivity contribution in [1.29, 1.82) is 0 Å². The molecule has 0 aliphatic carbocycles. The fraction of sp³-hybridized carbons (Fsp3) is 0.364. The van der Waals surface area contributed by atoms with Gasteiger partial charge < -0.3 is 15.1 Å². The zero-order valence-corrected chi connectivity index (χ0v) is 8.47. The third kappa shape index (κ3) is 1.94. The molecule has 1 heterocycles. The first-order valence-electron chi connectivity index (χ1n) is 4.79. The number of rotatable bonds is 1. The number of benzene rings is 1. The Labute approximate surface area is 87.8 Å². The first-order chi connectivity index (χ1) is 6.98. The Morgan fingerprint density at radius 1 is 1.47 bits per heavy atom. The summed E-state index contributed by atoms with van der Waals surface area (Å²) in [6.07, 6.45) is 0. The summed E-state index contributed by atoms with van der Waals surface area (Å²) in [7, 11) is 0. The molecule has 0 radical (unpaired) electrons. The molecule has 2 N–H and O–H groups in total. The molecular weight excluding hydrogens is 194 g/mol. The molecular formula is C11H13NO3. The van der Waals surface area contributed by atoms with Gasteiger partial charge in [-0.1, -0.05) is 6.07 Å². The first kappa shape index (κ1) is 9.98. The Kier molecular flexibility index (Phi) is 2.16. The molecule has 1 aliphatic heterocycles. The number of carbonyl (C=O) groups excluding carboxylic acids is 1. The Morgan fingerprint density at radius 3 is 2.67 bits per heavy atom. The molecule has 4 nitrogen and oxygen atoms in total. The maximum absolute atomic E-state index is 11.8. The van der Waals surface area contributed by atoms with E-state index in [0.29, 0.717) is 18.7 Å². The fourth-order valence-electron chi connectivity index (χ4n) is 1.74. The van der Waals surface area contributed by atoms with Crippen LogP contribution in [0.2, 0.25) is 0 Å². The summed E-state index contributed by atoms with van der Waals surface area (Å²) < 4.78 is 0. The van der Waals surface area contributed by atoms with Gasteiger partial charge in [0.25, 0.3) is 5.91 Å². The van der Waals surface area contributed by atoms with E-state index in [1.54, 1.807) is 24.0 Å². The standard InChI is InChI=1S/C11H13NO3/c1-11(15)6-12(7-11)10(14)8-3-2-4-9(13)5-8/h2-5,13,15H,6-7H2,1H3. The normalized spacial score (nSPS) is 18.4. The molecule has 0 bridgehead atoms. The smallest absolute Gasteiger partial charge is 0.254 e. The Morgan fingerprint density at radius 2 is 2.13 bits per heavy atom. The quantitative estimate of drug-likeness (QED) is 0.709. The van der Waals surface area contributed by atoms with Crippen LogP contribution in [0, 0.1) is 0 Å². The highest BCUT2D eigenvalue weighted by Crippen LogP contribution is 2.23. The maximum Gasteiger partial charge on any atom is 0.254 e. The molecule has 1 aliphatic rings. The lowest BCUT2D eigenvalue weighted by Gasteiger charge is -2.44. The van der Waals surface area contributed by atoms with Gasteiger partial charge in [0, 0.05) is 5.56 Å². The lowest BCUT2D eigenvalue weighted by Crippen LogP contribution is -2.61. The largest absolute Gasteiger partial charge is 0.508 e. The molecule has 0 saturated carbocycles. The van der Waals surface area contributed by atoms with Crippen LogP contribution in [0.3, 0.4) is 0 Å². The van der Waals surface area contributed by atoms with Crippen molar-refractivity contribution in [2.24, 2.45) is 0 Å². The predicted molar refractivity (Wildman–Crippen MR) is 54.6 cm³/mol. The summed E-state index contributed by atoms with van der Waals surface area (Å²) in [5.41, 5.74) is -0.308. The molecule has 1 fully saturated rings. The van der Waals surface area contributed by atoms with Gasteiger partial charge in [-0.05, 0) is 25.1 Å². The van der Waals surface area contributed by atoms with E-state index < -0.39 is 5.60 Å². The zero-order chi connectivity index (χ0) is 11.1. The Bertz CT molecular complexity index is 393. The SMILES string of the molecule is CC1(O)CN(C(=O)c2cccc(O)c2)C1. The number of aliphatic hydroxyl groups is 1. The number of hydrogen-bond donors (Lipinski definition) is 2. The average Bonchev–Trinajstić information content (AvgIpc) is 2.13. The summed E-state index contributed by atoms with van der Waals surface area (Å²) in [4.78, 5) is 13.3. The van der Waals surface area contributed by atoms with Crippen LogP contribution in [-0.4, -0.2) is 39.7 Å². The molecule has 80 valence electrons. The highest BCUT2D eigenvalue weighted by Gasteiger charge is 2.39. The van der Waals surface area contributed by atoms with Crippen molar-refractivity contribution in [2.75, 3.05) is 13.1 Å². The third-order valence-electron chi connectivity index (χ3n) is 2.44. The van der Waals surface area contributed by atoms with E-state index in [2.05, 4.69) is 0 Å². The summed E-state index contributed by atoms with van der Waals surface area (Å²) in [6, 6.07) is 6.22. The molecule has 0 unspecified atom stereocenters. The van der Waals surface area contributed by atoms with Crippen LogP contribution in [0.5, 0.6) is 5.75 Å². The van der Waals surface area contributed by atoms with Gasteiger partial charge in [0.1, 0.15) is 5.75 Å². The van der Waals surface area contributed by atoms with Crippen molar-refractivity contribution in [3.8, 4) is 5.75 Å². The number of likely N-dealkylation sites (tertiary alicyclic amines) is 1. The number of aromatic hydroxyl groups is 1. The Hall–Kier alpha value is -1.55. The Balaban J connectivity index is 2.10. The van der Waals surface area contributed by atoms with Gasteiger partial charge in [0.2, 0.25) is 0 Å². The number of hydrogen-bond acceptors (Lipinski definition) is 3. The molecule has 15 heavy (non-hydrogen) atoms. The van der Waals surface area contributed by atoms with Crippen LogP contribution in [0.15, 0.2) is 24.3 Å². The number of phenolic OH excluding ortho intramolecular Hbond substituents is 1. The molecule has 0 aromatic heterocycles. The van der Waals surface area contributed by atoms with Gasteiger partial charge in [0.15, 0.2) is 0 Å². The minimum absolute atomic E-state index is 0.0770. The van der Waals surface area contributed by atoms with Crippen LogP contribution >= 0.6 is 0 Å². The van der Waals surface area contributed by atoms with Gasteiger partial charge in [0.05, 0.1) is 18.7 Å². The summed E-state index contributed by atoms with van der Waals surface area (Å²) in [5.74, 6) is -0.0782. The van der Waals surface area contributed by atoms with Crippen molar-refractivity contribution in [2.45, 2.75) is 12.5 Å². The summed E-state index contributed by atoms with van der Waals surface area (Å²) in [5, 5.41) is 18.7. The summed E-state index contributed by atoms with van der Waals surface area (Å²) >= 11 is 0. The molecule has 2 rings (SSSR count). The van der Waals surface area contributed by atoms with Crippen LogP contribution < -0.4 is 0 Å². The van der Waals surface area contributed by atoms with Crippen molar-refractivity contribution >= 4 is 5.91 Å². The van der Waals surface area contributed by atoms with Crippen LogP contribution in [-0.2, 0) is 0 Å². The van der Waals surface area contributed by atoms with Crippen LogP contribution in [0.25, 0.3) is 0 Å². The van der Waals surface area contributed by atoms with E-state index in [1.165, 1.54) is 12.1 Å². The van der Waals surface area contributed by atoms with Gasteiger partial charge >= 0.3 is 0 Å². The fourth-order valence-corrected chi connectivity index (χ4v) is 1.74. The molecule has 1 amide bonds. The van der Waals surface area contributed by atoms with Gasteiger partial charge in [-0.3, -0.25) is 4.79 Å².